The summed E-state index contributed by atoms with van der Waals surface area (Å²) in [5, 5.41) is 3.29. The Balaban J connectivity index is 1.78. The Hall–Kier alpha value is -1.49. The van der Waals surface area contributed by atoms with E-state index in [1.54, 1.807) is 4.90 Å². The molecule has 0 bridgehead atoms. The molecule has 0 atom stereocenters. The van der Waals surface area contributed by atoms with Crippen molar-refractivity contribution >= 4 is 5.91 Å². The zero-order valence-corrected chi connectivity index (χ0v) is 11.9. The summed E-state index contributed by atoms with van der Waals surface area (Å²) in [4.78, 5) is 14.3. The van der Waals surface area contributed by atoms with Crippen molar-refractivity contribution < 1.29 is 13.6 Å². The van der Waals surface area contributed by atoms with E-state index in [-0.39, 0.29) is 6.04 Å². The Bertz CT molecular complexity index is 505. The van der Waals surface area contributed by atoms with Crippen LogP contribution in [0.3, 0.4) is 0 Å². The van der Waals surface area contributed by atoms with Gasteiger partial charge in [0.25, 0.3) is 5.91 Å². The number of hydrogen-bond acceptors (Lipinski definition) is 2. The molecule has 1 saturated carbocycles. The van der Waals surface area contributed by atoms with Gasteiger partial charge in [0.1, 0.15) is 17.2 Å². The standard InChI is InChI=1S/C16H20F2N2O/c17-13-2-1-3-14(18)15(13)16(21)20(12-4-5-12)10-11-6-8-19-9-7-11/h1-3,11-12,19H,4-10H2. The Morgan fingerprint density at radius 3 is 2.33 bits per heavy atom. The lowest BCUT2D eigenvalue weighted by Gasteiger charge is -2.30. The van der Waals surface area contributed by atoms with E-state index in [1.165, 1.54) is 6.07 Å². The van der Waals surface area contributed by atoms with Crippen molar-refractivity contribution in [1.82, 2.24) is 10.2 Å². The minimum Gasteiger partial charge on any atom is -0.335 e. The molecule has 3 nitrogen and oxygen atoms in total. The molecule has 21 heavy (non-hydrogen) atoms. The topological polar surface area (TPSA) is 32.3 Å². The zero-order valence-electron chi connectivity index (χ0n) is 11.9. The van der Waals surface area contributed by atoms with Crippen LogP contribution >= 0.6 is 0 Å². The number of carbonyl (C=O) groups is 1. The number of nitrogens with one attached hydrogen (secondary N) is 1. The van der Waals surface area contributed by atoms with Crippen LogP contribution in [-0.4, -0.2) is 36.5 Å². The number of hydrogen-bond donors (Lipinski definition) is 1. The van der Waals surface area contributed by atoms with Gasteiger partial charge in [0.15, 0.2) is 0 Å². The third-order valence-corrected chi connectivity index (χ3v) is 4.34. The highest BCUT2D eigenvalue weighted by molar-refractivity contribution is 5.95. The summed E-state index contributed by atoms with van der Waals surface area (Å²) in [7, 11) is 0. The molecule has 1 amide bonds. The largest absolute Gasteiger partial charge is 0.335 e. The Kier molecular flexibility index (Phi) is 4.19. The molecule has 0 unspecified atom stereocenters. The van der Waals surface area contributed by atoms with Crippen molar-refractivity contribution in [3.63, 3.8) is 0 Å². The third kappa shape index (κ3) is 3.23. The lowest BCUT2D eigenvalue weighted by Crippen LogP contribution is -2.41. The quantitative estimate of drug-likeness (QED) is 0.925. The number of carbonyl (C=O) groups excluding carboxylic acids is 1. The van der Waals surface area contributed by atoms with E-state index in [4.69, 9.17) is 0 Å². The Morgan fingerprint density at radius 2 is 1.76 bits per heavy atom. The molecule has 2 fully saturated rings. The van der Waals surface area contributed by atoms with Crippen LogP contribution in [-0.2, 0) is 0 Å². The fourth-order valence-corrected chi connectivity index (χ4v) is 2.97. The van der Waals surface area contributed by atoms with Crippen molar-refractivity contribution in [3.8, 4) is 0 Å². The fraction of sp³-hybridized carbons (Fsp3) is 0.562. The van der Waals surface area contributed by atoms with Gasteiger partial charge in [-0.05, 0) is 56.8 Å². The van der Waals surface area contributed by atoms with Gasteiger partial charge >= 0.3 is 0 Å². The highest BCUT2D eigenvalue weighted by Gasteiger charge is 2.36. The van der Waals surface area contributed by atoms with E-state index in [2.05, 4.69) is 5.32 Å². The number of piperidine rings is 1. The first-order chi connectivity index (χ1) is 10.2. The third-order valence-electron chi connectivity index (χ3n) is 4.34. The molecule has 114 valence electrons. The molecule has 0 aromatic heterocycles. The molecular formula is C16H20F2N2O. The second kappa shape index (κ2) is 6.10. The smallest absolute Gasteiger partial charge is 0.260 e. The van der Waals surface area contributed by atoms with Crippen LogP contribution in [0.5, 0.6) is 0 Å². The SMILES string of the molecule is O=C(c1c(F)cccc1F)N(CC1CCNCC1)C1CC1. The molecular weight excluding hydrogens is 274 g/mol. The molecule has 0 radical (unpaired) electrons. The van der Waals surface area contributed by atoms with Gasteiger partial charge in [-0.15, -0.1) is 0 Å². The average molecular weight is 294 g/mol. The Morgan fingerprint density at radius 1 is 1.14 bits per heavy atom. The summed E-state index contributed by atoms with van der Waals surface area (Å²) >= 11 is 0. The molecule has 1 aromatic carbocycles. The molecule has 0 spiro atoms. The lowest BCUT2D eigenvalue weighted by molar-refractivity contribution is 0.0691. The lowest BCUT2D eigenvalue weighted by atomic mass is 9.97. The monoisotopic (exact) mass is 294 g/mol. The summed E-state index contributed by atoms with van der Waals surface area (Å²) < 4.78 is 27.7. The predicted octanol–water partition coefficient (Wildman–Crippen LogP) is 2.57. The fourth-order valence-electron chi connectivity index (χ4n) is 2.97. The van der Waals surface area contributed by atoms with Crippen LogP contribution < -0.4 is 5.32 Å². The molecule has 2 aliphatic rings. The highest BCUT2D eigenvalue weighted by atomic mass is 19.1. The van der Waals surface area contributed by atoms with Gasteiger partial charge < -0.3 is 10.2 Å². The molecule has 1 saturated heterocycles. The van der Waals surface area contributed by atoms with Crippen LogP contribution in [0, 0.1) is 17.6 Å². The van der Waals surface area contributed by atoms with E-state index in [1.807, 2.05) is 0 Å². The minimum absolute atomic E-state index is 0.159. The van der Waals surface area contributed by atoms with Crippen molar-refractivity contribution in [3.05, 3.63) is 35.4 Å². The summed E-state index contributed by atoms with van der Waals surface area (Å²) in [6, 6.07) is 3.74. The van der Waals surface area contributed by atoms with Crippen molar-refractivity contribution in [2.24, 2.45) is 5.92 Å². The van der Waals surface area contributed by atoms with Crippen molar-refractivity contribution in [2.45, 2.75) is 31.7 Å². The summed E-state index contributed by atoms with van der Waals surface area (Å²) in [6.45, 7) is 2.51. The van der Waals surface area contributed by atoms with E-state index in [9.17, 15) is 13.6 Å². The van der Waals surface area contributed by atoms with Gasteiger partial charge in [0.05, 0.1) is 0 Å². The van der Waals surface area contributed by atoms with Crippen LogP contribution in [0.25, 0.3) is 0 Å². The Labute approximate surface area is 123 Å². The maximum absolute atomic E-state index is 13.8. The van der Waals surface area contributed by atoms with Gasteiger partial charge in [-0.25, -0.2) is 8.78 Å². The first-order valence-corrected chi connectivity index (χ1v) is 7.62. The normalized spacial score (nSPS) is 19.5. The van der Waals surface area contributed by atoms with Crippen LogP contribution in [0.15, 0.2) is 18.2 Å². The molecule has 1 aromatic rings. The highest BCUT2D eigenvalue weighted by Crippen LogP contribution is 2.31. The molecule has 5 heteroatoms. The first kappa shape index (κ1) is 14.4. The summed E-state index contributed by atoms with van der Waals surface area (Å²) in [5.41, 5.74) is -0.404. The molecule has 1 aliphatic carbocycles. The number of benzene rings is 1. The maximum atomic E-state index is 13.8. The number of amides is 1. The summed E-state index contributed by atoms with van der Waals surface area (Å²) in [6.07, 6.45) is 3.89. The van der Waals surface area contributed by atoms with Gasteiger partial charge in [-0.1, -0.05) is 6.07 Å². The van der Waals surface area contributed by atoms with Gasteiger partial charge in [0, 0.05) is 12.6 Å². The van der Waals surface area contributed by atoms with Crippen LogP contribution in [0.2, 0.25) is 0 Å². The number of halogens is 2. The molecule has 1 aliphatic heterocycles. The van der Waals surface area contributed by atoms with Crippen molar-refractivity contribution in [1.29, 1.82) is 0 Å². The maximum Gasteiger partial charge on any atom is 0.260 e. The summed E-state index contributed by atoms with van der Waals surface area (Å²) in [5.74, 6) is -1.61. The van der Waals surface area contributed by atoms with Gasteiger partial charge in [-0.2, -0.15) is 0 Å². The average Bonchev–Trinajstić information content (AvgIpc) is 3.30. The van der Waals surface area contributed by atoms with E-state index >= 15 is 0 Å². The number of rotatable bonds is 4. The van der Waals surface area contributed by atoms with E-state index in [0.29, 0.717) is 12.5 Å². The molecule has 3 rings (SSSR count). The second-order valence-corrected chi connectivity index (χ2v) is 5.98. The predicted molar refractivity (Wildman–Crippen MR) is 76.0 cm³/mol. The van der Waals surface area contributed by atoms with Gasteiger partial charge in [0.2, 0.25) is 0 Å². The minimum atomic E-state index is -0.768. The second-order valence-electron chi connectivity index (χ2n) is 5.98. The van der Waals surface area contributed by atoms with Crippen LogP contribution in [0.1, 0.15) is 36.0 Å². The van der Waals surface area contributed by atoms with Crippen LogP contribution in [0.4, 0.5) is 8.78 Å². The zero-order chi connectivity index (χ0) is 14.8. The first-order valence-electron chi connectivity index (χ1n) is 7.62. The van der Waals surface area contributed by atoms with E-state index in [0.717, 1.165) is 50.9 Å². The number of nitrogens with zero attached hydrogens (tertiary/aromatic N) is 1. The molecule has 1 N–H and O–H groups in total. The van der Waals surface area contributed by atoms with Gasteiger partial charge in [-0.3, -0.25) is 4.79 Å². The van der Waals surface area contributed by atoms with E-state index < -0.39 is 23.1 Å². The molecule has 1 heterocycles. The van der Waals surface area contributed by atoms with Crippen molar-refractivity contribution in [2.75, 3.05) is 19.6 Å².